The van der Waals surface area contributed by atoms with Crippen molar-refractivity contribution < 1.29 is 0 Å². The number of nitrogens with zero attached hydrogens (tertiary/aromatic N) is 7. The Bertz CT molecular complexity index is 829. The Labute approximate surface area is 167 Å². The molecule has 28 heavy (non-hydrogen) atoms. The first kappa shape index (κ1) is 18.9. The maximum Gasteiger partial charge on any atom is 0.227 e. The molecule has 2 aromatic heterocycles. The van der Waals surface area contributed by atoms with Gasteiger partial charge in [0.2, 0.25) is 5.95 Å². The minimum absolute atomic E-state index is 0.393. The molecule has 0 saturated carbocycles. The summed E-state index contributed by atoms with van der Waals surface area (Å²) >= 11 is 0. The van der Waals surface area contributed by atoms with Crippen molar-refractivity contribution in [2.45, 2.75) is 45.4 Å². The fourth-order valence-electron chi connectivity index (χ4n) is 4.32. The molecule has 150 valence electrons. The first-order valence-corrected chi connectivity index (χ1v) is 10.4. The van der Waals surface area contributed by atoms with Crippen LogP contribution in [0.15, 0.2) is 12.3 Å². The smallest absolute Gasteiger partial charge is 0.227 e. The van der Waals surface area contributed by atoms with Gasteiger partial charge in [0.05, 0.1) is 5.69 Å². The van der Waals surface area contributed by atoms with Crippen LogP contribution in [-0.4, -0.2) is 60.2 Å². The van der Waals surface area contributed by atoms with Crippen molar-refractivity contribution in [1.82, 2.24) is 19.9 Å². The molecule has 0 aliphatic carbocycles. The lowest BCUT2D eigenvalue weighted by Gasteiger charge is -2.33. The number of anilines is 3. The zero-order valence-corrected chi connectivity index (χ0v) is 17.5. The van der Waals surface area contributed by atoms with Crippen LogP contribution in [0.4, 0.5) is 17.6 Å². The Morgan fingerprint density at radius 1 is 0.964 bits per heavy atom. The van der Waals surface area contributed by atoms with Gasteiger partial charge in [-0.1, -0.05) is 0 Å². The molecule has 4 heterocycles. The lowest BCUT2D eigenvalue weighted by Crippen LogP contribution is -2.36. The van der Waals surface area contributed by atoms with Crippen molar-refractivity contribution in [2.24, 2.45) is 0 Å². The molecule has 7 nitrogen and oxygen atoms in total. The van der Waals surface area contributed by atoms with Gasteiger partial charge in [0.15, 0.2) is 0 Å². The van der Waals surface area contributed by atoms with Crippen LogP contribution in [-0.2, 0) is 0 Å². The topological polar surface area (TPSA) is 61.3 Å². The standard InChI is InChI=1S/C21H31N7/c1-15-13-22-21(25-20(15)26(3)4)28-11-7-8-17(14-28)18-12-19(24-16(2)23-18)27-9-5-6-10-27/h12-13,17H,5-11,14H2,1-4H3. The zero-order valence-electron chi connectivity index (χ0n) is 17.5. The molecule has 2 aliphatic heterocycles. The maximum atomic E-state index is 4.82. The van der Waals surface area contributed by atoms with E-state index in [-0.39, 0.29) is 0 Å². The van der Waals surface area contributed by atoms with Crippen LogP contribution in [0.25, 0.3) is 0 Å². The van der Waals surface area contributed by atoms with Crippen molar-refractivity contribution in [1.29, 1.82) is 0 Å². The molecule has 0 radical (unpaired) electrons. The molecule has 1 atom stereocenters. The minimum Gasteiger partial charge on any atom is -0.362 e. The minimum atomic E-state index is 0.393. The van der Waals surface area contributed by atoms with Gasteiger partial charge in [-0.25, -0.2) is 15.0 Å². The second-order valence-corrected chi connectivity index (χ2v) is 8.25. The first-order chi connectivity index (χ1) is 13.5. The summed E-state index contributed by atoms with van der Waals surface area (Å²) in [7, 11) is 4.06. The second kappa shape index (κ2) is 7.89. The second-order valence-electron chi connectivity index (χ2n) is 8.25. The van der Waals surface area contributed by atoms with Crippen LogP contribution in [0.5, 0.6) is 0 Å². The quantitative estimate of drug-likeness (QED) is 0.807. The van der Waals surface area contributed by atoms with Gasteiger partial charge in [-0.05, 0) is 39.5 Å². The van der Waals surface area contributed by atoms with E-state index in [2.05, 4.69) is 32.7 Å². The van der Waals surface area contributed by atoms with Gasteiger partial charge in [0.25, 0.3) is 0 Å². The highest BCUT2D eigenvalue weighted by molar-refractivity contribution is 5.49. The third-order valence-corrected chi connectivity index (χ3v) is 5.75. The summed E-state index contributed by atoms with van der Waals surface area (Å²) < 4.78 is 0. The number of rotatable bonds is 4. The first-order valence-electron chi connectivity index (χ1n) is 10.4. The Balaban J connectivity index is 1.57. The average Bonchev–Trinajstić information content (AvgIpc) is 3.23. The summed E-state index contributed by atoms with van der Waals surface area (Å²) in [6, 6.07) is 2.22. The third kappa shape index (κ3) is 3.88. The van der Waals surface area contributed by atoms with Crippen molar-refractivity contribution >= 4 is 17.6 Å². The molecule has 0 N–H and O–H groups in total. The molecule has 2 aliphatic rings. The average molecular weight is 382 g/mol. The summed E-state index contributed by atoms with van der Waals surface area (Å²) in [4.78, 5) is 25.7. The Kier molecular flexibility index (Phi) is 5.33. The summed E-state index contributed by atoms with van der Waals surface area (Å²) in [6.07, 6.45) is 6.73. The maximum absolute atomic E-state index is 4.82. The van der Waals surface area contributed by atoms with Gasteiger partial charge in [-0.2, -0.15) is 4.98 Å². The van der Waals surface area contributed by atoms with E-state index >= 15 is 0 Å². The van der Waals surface area contributed by atoms with Gasteiger partial charge in [0, 0.05) is 64.0 Å². The largest absolute Gasteiger partial charge is 0.362 e. The molecule has 2 fully saturated rings. The highest BCUT2D eigenvalue weighted by Gasteiger charge is 2.26. The fourth-order valence-corrected chi connectivity index (χ4v) is 4.32. The van der Waals surface area contributed by atoms with E-state index in [9.17, 15) is 0 Å². The van der Waals surface area contributed by atoms with Gasteiger partial charge >= 0.3 is 0 Å². The van der Waals surface area contributed by atoms with Crippen LogP contribution in [0, 0.1) is 13.8 Å². The van der Waals surface area contributed by atoms with E-state index in [1.54, 1.807) is 0 Å². The van der Waals surface area contributed by atoms with Gasteiger partial charge in [0.1, 0.15) is 17.5 Å². The van der Waals surface area contributed by atoms with E-state index in [1.807, 2.05) is 27.2 Å². The molecule has 0 spiro atoms. The van der Waals surface area contributed by atoms with Crippen LogP contribution in [0.1, 0.15) is 48.7 Å². The van der Waals surface area contributed by atoms with Crippen LogP contribution in [0.3, 0.4) is 0 Å². The number of hydrogen-bond acceptors (Lipinski definition) is 7. The Morgan fingerprint density at radius 2 is 1.71 bits per heavy atom. The third-order valence-electron chi connectivity index (χ3n) is 5.75. The number of aromatic nitrogens is 4. The van der Waals surface area contributed by atoms with Crippen molar-refractivity contribution in [2.75, 3.05) is 55.0 Å². The Morgan fingerprint density at radius 3 is 2.46 bits per heavy atom. The van der Waals surface area contributed by atoms with Crippen molar-refractivity contribution in [3.8, 4) is 0 Å². The molecule has 4 rings (SSSR count). The number of aryl methyl sites for hydroxylation is 2. The Hall–Kier alpha value is -2.44. The number of piperidine rings is 1. The molecule has 1 unspecified atom stereocenters. The lowest BCUT2D eigenvalue weighted by atomic mass is 9.94. The van der Waals surface area contributed by atoms with Crippen LogP contribution >= 0.6 is 0 Å². The SMILES string of the molecule is Cc1nc(C2CCCN(c3ncc(C)c(N(C)C)n3)C2)cc(N2CCCC2)n1. The highest BCUT2D eigenvalue weighted by Crippen LogP contribution is 2.30. The van der Waals surface area contributed by atoms with E-state index in [1.165, 1.54) is 18.5 Å². The predicted molar refractivity (Wildman–Crippen MR) is 114 cm³/mol. The van der Waals surface area contributed by atoms with E-state index in [0.29, 0.717) is 5.92 Å². The summed E-state index contributed by atoms with van der Waals surface area (Å²) in [6.45, 7) is 8.19. The van der Waals surface area contributed by atoms with E-state index < -0.39 is 0 Å². The van der Waals surface area contributed by atoms with Crippen LogP contribution < -0.4 is 14.7 Å². The summed E-state index contributed by atoms with van der Waals surface area (Å²) in [5.74, 6) is 4.17. The molecule has 0 bridgehead atoms. The summed E-state index contributed by atoms with van der Waals surface area (Å²) in [5, 5.41) is 0. The molecule has 0 amide bonds. The molecule has 2 saturated heterocycles. The van der Waals surface area contributed by atoms with E-state index in [0.717, 1.165) is 68.0 Å². The predicted octanol–water partition coefficient (Wildman–Crippen LogP) is 2.93. The van der Waals surface area contributed by atoms with Gasteiger partial charge < -0.3 is 14.7 Å². The van der Waals surface area contributed by atoms with Crippen molar-refractivity contribution in [3.05, 3.63) is 29.3 Å². The summed E-state index contributed by atoms with van der Waals surface area (Å²) in [5.41, 5.74) is 2.27. The lowest BCUT2D eigenvalue weighted by molar-refractivity contribution is 0.493. The van der Waals surface area contributed by atoms with Gasteiger partial charge in [-0.15, -0.1) is 0 Å². The number of hydrogen-bond donors (Lipinski definition) is 0. The highest BCUT2D eigenvalue weighted by atomic mass is 15.3. The molecule has 2 aromatic rings. The molecule has 7 heteroatoms. The fraction of sp³-hybridized carbons (Fsp3) is 0.619. The van der Waals surface area contributed by atoms with Crippen LogP contribution in [0.2, 0.25) is 0 Å². The molecule has 0 aromatic carbocycles. The van der Waals surface area contributed by atoms with Crippen molar-refractivity contribution in [3.63, 3.8) is 0 Å². The monoisotopic (exact) mass is 381 g/mol. The normalized spacial score (nSPS) is 19.9. The zero-order chi connectivity index (χ0) is 19.7. The van der Waals surface area contributed by atoms with E-state index in [4.69, 9.17) is 15.0 Å². The molecular weight excluding hydrogens is 350 g/mol. The van der Waals surface area contributed by atoms with Gasteiger partial charge in [-0.3, -0.25) is 0 Å². The molecular formula is C21H31N7.